The minimum absolute atomic E-state index is 0.403. The molecule has 0 aliphatic heterocycles. The Bertz CT molecular complexity index is 540. The van der Waals surface area contributed by atoms with Gasteiger partial charge in [-0.2, -0.15) is 0 Å². The van der Waals surface area contributed by atoms with E-state index in [4.69, 9.17) is 0 Å². The maximum atomic E-state index is 3.64. The standard InChI is InChI=1S/C18H22BrN/c1-13-11-16(12-14(2)18(13)19)17(20-3)10-9-15-7-5-4-6-8-15/h4-8,11-12,17,20H,9-10H2,1-3H3. The maximum absolute atomic E-state index is 3.64. The minimum atomic E-state index is 0.403. The molecule has 0 amide bonds. The molecule has 0 saturated heterocycles. The second-order valence-corrected chi connectivity index (χ2v) is 6.13. The quantitative estimate of drug-likeness (QED) is 0.816. The van der Waals surface area contributed by atoms with Crippen molar-refractivity contribution in [3.8, 4) is 0 Å². The molecule has 20 heavy (non-hydrogen) atoms. The first-order valence-corrected chi connectivity index (χ1v) is 7.89. The van der Waals surface area contributed by atoms with Gasteiger partial charge in [-0.1, -0.05) is 58.4 Å². The molecule has 2 rings (SSSR count). The smallest absolute Gasteiger partial charge is 0.0320 e. The average molecular weight is 332 g/mol. The molecule has 106 valence electrons. The highest BCUT2D eigenvalue weighted by Gasteiger charge is 2.12. The van der Waals surface area contributed by atoms with Gasteiger partial charge in [-0.3, -0.25) is 0 Å². The number of nitrogens with one attached hydrogen (secondary N) is 1. The predicted molar refractivity (Wildman–Crippen MR) is 90.2 cm³/mol. The molecule has 0 fully saturated rings. The van der Waals surface area contributed by atoms with Gasteiger partial charge >= 0.3 is 0 Å². The fourth-order valence-corrected chi connectivity index (χ4v) is 2.84. The second kappa shape index (κ2) is 7.05. The highest BCUT2D eigenvalue weighted by atomic mass is 79.9. The Hall–Kier alpha value is -1.12. The average Bonchev–Trinajstić information content (AvgIpc) is 2.46. The minimum Gasteiger partial charge on any atom is -0.313 e. The summed E-state index contributed by atoms with van der Waals surface area (Å²) in [5, 5.41) is 3.45. The molecule has 0 radical (unpaired) electrons. The van der Waals surface area contributed by atoms with E-state index in [2.05, 4.69) is 77.6 Å². The van der Waals surface area contributed by atoms with Crippen molar-refractivity contribution in [2.24, 2.45) is 0 Å². The fourth-order valence-electron chi connectivity index (χ4n) is 2.61. The number of halogens is 1. The van der Waals surface area contributed by atoms with E-state index in [1.807, 2.05) is 7.05 Å². The number of hydrogen-bond acceptors (Lipinski definition) is 1. The van der Waals surface area contributed by atoms with Crippen molar-refractivity contribution in [2.45, 2.75) is 32.7 Å². The lowest BCUT2D eigenvalue weighted by atomic mass is 9.96. The van der Waals surface area contributed by atoms with E-state index in [0.717, 1.165) is 12.8 Å². The van der Waals surface area contributed by atoms with Crippen LogP contribution in [0.15, 0.2) is 46.9 Å². The Morgan fingerprint density at radius 3 is 2.20 bits per heavy atom. The van der Waals surface area contributed by atoms with Gasteiger partial charge in [-0.15, -0.1) is 0 Å². The van der Waals surface area contributed by atoms with Gasteiger partial charge < -0.3 is 5.32 Å². The topological polar surface area (TPSA) is 12.0 Å². The van der Waals surface area contributed by atoms with Crippen molar-refractivity contribution in [2.75, 3.05) is 7.05 Å². The third-order valence-corrected chi connectivity index (χ3v) is 5.02. The molecule has 0 saturated carbocycles. The van der Waals surface area contributed by atoms with E-state index in [-0.39, 0.29) is 0 Å². The molecule has 2 aromatic carbocycles. The first-order valence-electron chi connectivity index (χ1n) is 7.09. The summed E-state index contributed by atoms with van der Waals surface area (Å²) in [6.45, 7) is 4.31. The molecule has 0 heterocycles. The van der Waals surface area contributed by atoms with Crippen LogP contribution >= 0.6 is 15.9 Å². The van der Waals surface area contributed by atoms with Gasteiger partial charge in [0.15, 0.2) is 0 Å². The summed E-state index contributed by atoms with van der Waals surface area (Å²) < 4.78 is 1.22. The zero-order valence-corrected chi connectivity index (χ0v) is 14.0. The Labute approximate surface area is 130 Å². The largest absolute Gasteiger partial charge is 0.313 e. The second-order valence-electron chi connectivity index (χ2n) is 5.33. The monoisotopic (exact) mass is 331 g/mol. The summed E-state index contributed by atoms with van der Waals surface area (Å²) >= 11 is 3.64. The molecule has 1 nitrogen and oxygen atoms in total. The molecule has 0 bridgehead atoms. The SMILES string of the molecule is CNC(CCc1ccccc1)c1cc(C)c(Br)c(C)c1. The maximum Gasteiger partial charge on any atom is 0.0320 e. The lowest BCUT2D eigenvalue weighted by molar-refractivity contribution is 0.548. The van der Waals surface area contributed by atoms with Crippen molar-refractivity contribution in [1.29, 1.82) is 0 Å². The van der Waals surface area contributed by atoms with Crippen molar-refractivity contribution >= 4 is 15.9 Å². The van der Waals surface area contributed by atoms with Gasteiger partial charge in [0, 0.05) is 10.5 Å². The summed E-state index contributed by atoms with van der Waals surface area (Å²) in [7, 11) is 2.04. The van der Waals surface area contributed by atoms with Crippen LogP contribution in [0.3, 0.4) is 0 Å². The summed E-state index contributed by atoms with van der Waals surface area (Å²) in [6.07, 6.45) is 2.21. The van der Waals surface area contributed by atoms with Gasteiger partial charge in [-0.05, 0) is 56.0 Å². The normalized spacial score (nSPS) is 12.4. The molecule has 0 spiro atoms. The fraction of sp³-hybridized carbons (Fsp3) is 0.333. The summed E-state index contributed by atoms with van der Waals surface area (Å²) in [5.74, 6) is 0. The molecule has 2 heteroatoms. The van der Waals surface area contributed by atoms with E-state index < -0.39 is 0 Å². The van der Waals surface area contributed by atoms with Gasteiger partial charge in [0.25, 0.3) is 0 Å². The van der Waals surface area contributed by atoms with Crippen LogP contribution in [0.25, 0.3) is 0 Å². The summed E-state index contributed by atoms with van der Waals surface area (Å²) in [5.41, 5.74) is 5.39. The molecule has 2 aromatic rings. The Balaban J connectivity index is 2.12. The molecule has 0 aromatic heterocycles. The predicted octanol–water partition coefficient (Wildman–Crippen LogP) is 4.96. The van der Waals surface area contributed by atoms with Crippen molar-refractivity contribution < 1.29 is 0 Å². The third-order valence-electron chi connectivity index (χ3n) is 3.77. The number of rotatable bonds is 5. The third kappa shape index (κ3) is 3.71. The van der Waals surface area contributed by atoms with Crippen LogP contribution in [0.4, 0.5) is 0 Å². The van der Waals surface area contributed by atoms with E-state index in [1.54, 1.807) is 0 Å². The van der Waals surface area contributed by atoms with E-state index >= 15 is 0 Å². The number of benzene rings is 2. The first-order chi connectivity index (χ1) is 9.61. The van der Waals surface area contributed by atoms with Gasteiger partial charge in [0.1, 0.15) is 0 Å². The molecule has 1 atom stereocenters. The zero-order chi connectivity index (χ0) is 14.5. The van der Waals surface area contributed by atoms with E-state index in [0.29, 0.717) is 6.04 Å². The van der Waals surface area contributed by atoms with Crippen molar-refractivity contribution in [3.05, 3.63) is 69.2 Å². The van der Waals surface area contributed by atoms with Gasteiger partial charge in [0.2, 0.25) is 0 Å². The van der Waals surface area contributed by atoms with Crippen LogP contribution < -0.4 is 5.32 Å². The van der Waals surface area contributed by atoms with E-state index in [9.17, 15) is 0 Å². The van der Waals surface area contributed by atoms with Crippen LogP contribution in [-0.4, -0.2) is 7.05 Å². The van der Waals surface area contributed by atoms with Crippen LogP contribution in [0.1, 0.15) is 34.7 Å². The van der Waals surface area contributed by atoms with Crippen molar-refractivity contribution in [3.63, 3.8) is 0 Å². The first kappa shape index (κ1) is 15.3. The Morgan fingerprint density at radius 1 is 1.05 bits per heavy atom. The summed E-state index contributed by atoms with van der Waals surface area (Å²) in [6, 6.07) is 15.7. The van der Waals surface area contributed by atoms with E-state index in [1.165, 1.54) is 26.7 Å². The Morgan fingerprint density at radius 2 is 1.65 bits per heavy atom. The molecule has 0 aliphatic carbocycles. The lowest BCUT2D eigenvalue weighted by Gasteiger charge is -2.19. The molecular weight excluding hydrogens is 310 g/mol. The highest BCUT2D eigenvalue weighted by molar-refractivity contribution is 9.10. The van der Waals surface area contributed by atoms with Gasteiger partial charge in [-0.25, -0.2) is 0 Å². The van der Waals surface area contributed by atoms with Crippen molar-refractivity contribution in [1.82, 2.24) is 5.32 Å². The van der Waals surface area contributed by atoms with Crippen LogP contribution in [-0.2, 0) is 6.42 Å². The van der Waals surface area contributed by atoms with Crippen LogP contribution in [0.5, 0.6) is 0 Å². The Kier molecular flexibility index (Phi) is 5.38. The molecule has 1 unspecified atom stereocenters. The lowest BCUT2D eigenvalue weighted by Crippen LogP contribution is -2.17. The highest BCUT2D eigenvalue weighted by Crippen LogP contribution is 2.27. The van der Waals surface area contributed by atoms with Crippen LogP contribution in [0, 0.1) is 13.8 Å². The van der Waals surface area contributed by atoms with Gasteiger partial charge in [0.05, 0.1) is 0 Å². The zero-order valence-electron chi connectivity index (χ0n) is 12.4. The number of aryl methyl sites for hydroxylation is 3. The summed E-state index contributed by atoms with van der Waals surface area (Å²) in [4.78, 5) is 0. The number of hydrogen-bond donors (Lipinski definition) is 1. The molecule has 1 N–H and O–H groups in total. The molecule has 0 aliphatic rings. The molecular formula is C18H22BrN. The van der Waals surface area contributed by atoms with Crippen LogP contribution in [0.2, 0.25) is 0 Å².